The molecular weight excluding hydrogens is 234 g/mol. The molecule has 0 heterocycles. The molecule has 3 rings (SSSR count). The Bertz CT molecular complexity index is 431. The number of fused-ring (bicyclic) bond motifs is 2. The molecule has 1 aromatic carbocycles. The van der Waals surface area contributed by atoms with Crippen molar-refractivity contribution >= 4 is 0 Å². The number of benzene rings is 1. The van der Waals surface area contributed by atoms with Crippen molar-refractivity contribution < 1.29 is 4.74 Å². The fraction of sp³-hybridized carbons (Fsp3) is 0.647. The van der Waals surface area contributed by atoms with E-state index in [2.05, 4.69) is 18.2 Å². The molecule has 104 valence electrons. The average Bonchev–Trinajstić information content (AvgIpc) is 3.02. The Kier molecular flexibility index (Phi) is 3.79. The highest BCUT2D eigenvalue weighted by Crippen LogP contribution is 2.50. The van der Waals surface area contributed by atoms with E-state index in [1.165, 1.54) is 31.2 Å². The van der Waals surface area contributed by atoms with Crippen LogP contribution in [0.3, 0.4) is 0 Å². The number of hydrogen-bond donors (Lipinski definition) is 1. The topological polar surface area (TPSA) is 35.2 Å². The highest BCUT2D eigenvalue weighted by Gasteiger charge is 2.39. The molecular formula is C17H25NO. The molecule has 2 saturated carbocycles. The molecule has 2 N–H and O–H groups in total. The summed E-state index contributed by atoms with van der Waals surface area (Å²) in [5, 5.41) is 0. The van der Waals surface area contributed by atoms with E-state index in [9.17, 15) is 0 Å². The lowest BCUT2D eigenvalue weighted by Gasteiger charge is -2.25. The third kappa shape index (κ3) is 2.79. The summed E-state index contributed by atoms with van der Waals surface area (Å²) in [6.45, 7) is 2.73. The summed E-state index contributed by atoms with van der Waals surface area (Å²) in [7, 11) is 0. The second-order valence-electron chi connectivity index (χ2n) is 6.28. The molecule has 2 fully saturated rings. The molecule has 2 aliphatic rings. The van der Waals surface area contributed by atoms with Crippen LogP contribution in [0.25, 0.3) is 0 Å². The van der Waals surface area contributed by atoms with Crippen molar-refractivity contribution in [3.8, 4) is 5.75 Å². The van der Waals surface area contributed by atoms with Gasteiger partial charge < -0.3 is 10.5 Å². The van der Waals surface area contributed by atoms with Gasteiger partial charge in [-0.05, 0) is 68.1 Å². The molecule has 1 aromatic rings. The van der Waals surface area contributed by atoms with Gasteiger partial charge in [0.15, 0.2) is 0 Å². The number of nitrogens with two attached hydrogens (primary N) is 1. The molecule has 0 saturated heterocycles. The Morgan fingerprint density at radius 1 is 1.32 bits per heavy atom. The minimum Gasteiger partial charge on any atom is -0.494 e. The maximum Gasteiger partial charge on any atom is 0.119 e. The highest BCUT2D eigenvalue weighted by atomic mass is 16.5. The first kappa shape index (κ1) is 13.0. The number of rotatable bonds is 5. The SMILES string of the molecule is CCOc1cccc(C(N)CC2CC3CCC2C3)c1. The van der Waals surface area contributed by atoms with Crippen molar-refractivity contribution in [1.29, 1.82) is 0 Å². The molecule has 2 heteroatoms. The predicted molar refractivity (Wildman–Crippen MR) is 78.1 cm³/mol. The first-order valence-corrected chi connectivity index (χ1v) is 7.74. The Labute approximate surface area is 116 Å². The van der Waals surface area contributed by atoms with Crippen LogP contribution in [0.2, 0.25) is 0 Å². The molecule has 0 aliphatic heterocycles. The van der Waals surface area contributed by atoms with E-state index >= 15 is 0 Å². The van der Waals surface area contributed by atoms with Gasteiger partial charge >= 0.3 is 0 Å². The summed E-state index contributed by atoms with van der Waals surface area (Å²) in [4.78, 5) is 0. The molecule has 0 radical (unpaired) electrons. The van der Waals surface area contributed by atoms with Crippen LogP contribution >= 0.6 is 0 Å². The number of hydrogen-bond acceptors (Lipinski definition) is 2. The smallest absolute Gasteiger partial charge is 0.119 e. The van der Waals surface area contributed by atoms with Crippen LogP contribution in [0.5, 0.6) is 5.75 Å². The molecule has 0 amide bonds. The van der Waals surface area contributed by atoms with Crippen LogP contribution in [0, 0.1) is 17.8 Å². The fourth-order valence-electron chi connectivity index (χ4n) is 4.13. The van der Waals surface area contributed by atoms with Crippen LogP contribution < -0.4 is 10.5 Å². The van der Waals surface area contributed by atoms with Gasteiger partial charge in [0, 0.05) is 6.04 Å². The van der Waals surface area contributed by atoms with Gasteiger partial charge in [-0.25, -0.2) is 0 Å². The lowest BCUT2D eigenvalue weighted by atomic mass is 9.83. The largest absolute Gasteiger partial charge is 0.494 e. The van der Waals surface area contributed by atoms with Gasteiger partial charge in [0.25, 0.3) is 0 Å². The van der Waals surface area contributed by atoms with Crippen molar-refractivity contribution in [1.82, 2.24) is 0 Å². The summed E-state index contributed by atoms with van der Waals surface area (Å²) in [5.41, 5.74) is 7.65. The van der Waals surface area contributed by atoms with Crippen LogP contribution in [-0.4, -0.2) is 6.61 Å². The van der Waals surface area contributed by atoms with Gasteiger partial charge in [-0.15, -0.1) is 0 Å². The molecule has 2 bridgehead atoms. The predicted octanol–water partition coefficient (Wildman–Crippen LogP) is 3.91. The lowest BCUT2D eigenvalue weighted by Crippen LogP contribution is -2.19. The monoisotopic (exact) mass is 259 g/mol. The third-order valence-corrected chi connectivity index (χ3v) is 5.04. The highest BCUT2D eigenvalue weighted by molar-refractivity contribution is 5.30. The minimum absolute atomic E-state index is 0.171. The van der Waals surface area contributed by atoms with Gasteiger partial charge in [-0.1, -0.05) is 18.6 Å². The van der Waals surface area contributed by atoms with E-state index in [-0.39, 0.29) is 6.04 Å². The first-order chi connectivity index (χ1) is 9.26. The number of ether oxygens (including phenoxy) is 1. The minimum atomic E-state index is 0.171. The van der Waals surface area contributed by atoms with Gasteiger partial charge in [0.05, 0.1) is 6.61 Å². The quantitative estimate of drug-likeness (QED) is 0.870. The summed E-state index contributed by atoms with van der Waals surface area (Å²) < 4.78 is 5.56. The Hall–Kier alpha value is -1.02. The van der Waals surface area contributed by atoms with Gasteiger partial charge in [0.2, 0.25) is 0 Å². The molecule has 0 aromatic heterocycles. The molecule has 0 spiro atoms. The van der Waals surface area contributed by atoms with Crippen molar-refractivity contribution in [3.05, 3.63) is 29.8 Å². The van der Waals surface area contributed by atoms with Gasteiger partial charge in [0.1, 0.15) is 5.75 Å². The lowest BCUT2D eigenvalue weighted by molar-refractivity contribution is 0.295. The van der Waals surface area contributed by atoms with Gasteiger partial charge in [-0.2, -0.15) is 0 Å². The molecule has 2 aliphatic carbocycles. The Morgan fingerprint density at radius 3 is 2.89 bits per heavy atom. The standard InChI is InChI=1S/C17H25NO/c1-2-19-16-5-3-4-14(10-16)17(18)11-15-9-12-6-7-13(15)8-12/h3-5,10,12-13,15,17H,2,6-9,11,18H2,1H3. The zero-order chi connectivity index (χ0) is 13.2. The van der Waals surface area contributed by atoms with Crippen LogP contribution in [-0.2, 0) is 0 Å². The summed E-state index contributed by atoms with van der Waals surface area (Å²) >= 11 is 0. The summed E-state index contributed by atoms with van der Waals surface area (Å²) in [5.74, 6) is 3.79. The zero-order valence-corrected chi connectivity index (χ0v) is 11.8. The van der Waals surface area contributed by atoms with Gasteiger partial charge in [-0.3, -0.25) is 0 Å². The second-order valence-corrected chi connectivity index (χ2v) is 6.28. The molecule has 4 unspecified atom stereocenters. The maximum absolute atomic E-state index is 6.42. The third-order valence-electron chi connectivity index (χ3n) is 5.04. The average molecular weight is 259 g/mol. The van der Waals surface area contributed by atoms with E-state index in [1.54, 1.807) is 0 Å². The van der Waals surface area contributed by atoms with Crippen molar-refractivity contribution in [3.63, 3.8) is 0 Å². The zero-order valence-electron chi connectivity index (χ0n) is 11.8. The Morgan fingerprint density at radius 2 is 2.21 bits per heavy atom. The summed E-state index contributed by atoms with van der Waals surface area (Å²) in [6, 6.07) is 8.49. The Balaban J connectivity index is 1.63. The second kappa shape index (κ2) is 5.54. The molecule has 19 heavy (non-hydrogen) atoms. The van der Waals surface area contributed by atoms with Crippen molar-refractivity contribution in [2.75, 3.05) is 6.61 Å². The molecule has 2 nitrogen and oxygen atoms in total. The fourth-order valence-corrected chi connectivity index (χ4v) is 4.13. The van der Waals surface area contributed by atoms with E-state index in [0.717, 1.165) is 29.9 Å². The molecule has 4 atom stereocenters. The van der Waals surface area contributed by atoms with Crippen LogP contribution in [0.4, 0.5) is 0 Å². The summed E-state index contributed by atoms with van der Waals surface area (Å²) in [6.07, 6.45) is 6.95. The van der Waals surface area contributed by atoms with Crippen LogP contribution in [0.1, 0.15) is 50.6 Å². The van der Waals surface area contributed by atoms with E-state index < -0.39 is 0 Å². The van der Waals surface area contributed by atoms with E-state index in [4.69, 9.17) is 10.5 Å². The van der Waals surface area contributed by atoms with Crippen molar-refractivity contribution in [2.24, 2.45) is 23.5 Å². The van der Waals surface area contributed by atoms with Crippen molar-refractivity contribution in [2.45, 2.75) is 45.1 Å². The normalized spacial score (nSPS) is 30.5. The van der Waals surface area contributed by atoms with E-state index in [0.29, 0.717) is 6.61 Å². The first-order valence-electron chi connectivity index (χ1n) is 7.74. The maximum atomic E-state index is 6.42. The van der Waals surface area contributed by atoms with E-state index in [1.807, 2.05) is 13.0 Å². The van der Waals surface area contributed by atoms with Crippen LogP contribution in [0.15, 0.2) is 24.3 Å².